The molecule has 0 radical (unpaired) electrons. The fourth-order valence-corrected chi connectivity index (χ4v) is 5.52. The average molecular weight is 489 g/mol. The van der Waals surface area contributed by atoms with Crippen LogP contribution in [0.2, 0.25) is 5.02 Å². The molecule has 3 fully saturated rings. The lowest BCUT2D eigenvalue weighted by Crippen LogP contribution is -2.61. The van der Waals surface area contributed by atoms with Gasteiger partial charge in [0.2, 0.25) is 5.95 Å². The number of benzene rings is 1. The zero-order valence-electron chi connectivity index (χ0n) is 19.2. The molecule has 6 rings (SSSR count). The summed E-state index contributed by atoms with van der Waals surface area (Å²) in [5.74, 6) is -1.90. The molecule has 2 aromatic heterocycles. The summed E-state index contributed by atoms with van der Waals surface area (Å²) in [4.78, 5) is 11.6. The predicted octanol–water partition coefficient (Wildman–Crippen LogP) is 5.08. The van der Waals surface area contributed by atoms with Crippen LogP contribution in [0.3, 0.4) is 0 Å². The number of nitrogens with one attached hydrogen (secondary N) is 1. The van der Waals surface area contributed by atoms with Gasteiger partial charge in [0.25, 0.3) is 5.92 Å². The fraction of sp³-hybridized carbons (Fsp3) is 0.542. The molecule has 1 aromatic carbocycles. The molecule has 1 atom stereocenters. The number of piperidine rings is 1. The van der Waals surface area contributed by atoms with Gasteiger partial charge in [-0.15, -0.1) is 0 Å². The first-order valence-corrected chi connectivity index (χ1v) is 12.1. The van der Waals surface area contributed by atoms with E-state index in [2.05, 4.69) is 33.3 Å². The van der Waals surface area contributed by atoms with Gasteiger partial charge in [-0.25, -0.2) is 18.7 Å². The highest BCUT2D eigenvalue weighted by atomic mass is 35.5. The molecule has 10 heteroatoms. The van der Waals surface area contributed by atoms with Crippen molar-refractivity contribution < 1.29 is 13.5 Å². The van der Waals surface area contributed by atoms with Gasteiger partial charge >= 0.3 is 0 Å². The van der Waals surface area contributed by atoms with Gasteiger partial charge in [-0.1, -0.05) is 11.6 Å². The van der Waals surface area contributed by atoms with Crippen LogP contribution < -0.4 is 5.32 Å². The molecule has 1 N–H and O–H groups in total. The lowest BCUT2D eigenvalue weighted by atomic mass is 9.86. The Hall–Kier alpha value is -2.36. The van der Waals surface area contributed by atoms with Gasteiger partial charge in [-0.3, -0.25) is 9.58 Å². The van der Waals surface area contributed by atoms with Gasteiger partial charge < -0.3 is 10.1 Å². The van der Waals surface area contributed by atoms with Gasteiger partial charge in [0.1, 0.15) is 6.04 Å². The summed E-state index contributed by atoms with van der Waals surface area (Å²) >= 11 is 6.68. The number of likely N-dealkylation sites (tertiary alicyclic amines) is 1. The number of hydrogen-bond donors (Lipinski definition) is 1. The molecule has 0 bridgehead atoms. The SMILES string of the molecule is Cc1c(Nc2ncc3cc(Cl)c(C4CCN(C5(C)COC5)CC4)cc3n2)cnn1C1CC1(F)F. The Morgan fingerprint density at radius 3 is 2.56 bits per heavy atom. The van der Waals surface area contributed by atoms with Crippen molar-refractivity contribution in [2.24, 2.45) is 0 Å². The van der Waals surface area contributed by atoms with Crippen LogP contribution >= 0.6 is 11.6 Å². The first kappa shape index (κ1) is 22.1. The molecule has 34 heavy (non-hydrogen) atoms. The average Bonchev–Trinajstić information content (AvgIpc) is 3.28. The number of halogens is 3. The summed E-state index contributed by atoms with van der Waals surface area (Å²) in [5.41, 5.74) is 3.36. The van der Waals surface area contributed by atoms with Crippen molar-refractivity contribution in [1.82, 2.24) is 24.6 Å². The third-order valence-electron chi connectivity index (χ3n) is 7.60. The Labute approximate surface area is 201 Å². The van der Waals surface area contributed by atoms with Crippen molar-refractivity contribution in [1.29, 1.82) is 0 Å². The third-order valence-corrected chi connectivity index (χ3v) is 7.93. The van der Waals surface area contributed by atoms with E-state index < -0.39 is 12.0 Å². The zero-order chi connectivity index (χ0) is 23.7. The highest BCUT2D eigenvalue weighted by Crippen LogP contribution is 2.53. The van der Waals surface area contributed by atoms with Crippen molar-refractivity contribution in [3.8, 4) is 0 Å². The topological polar surface area (TPSA) is 68.1 Å². The van der Waals surface area contributed by atoms with Crippen molar-refractivity contribution >= 4 is 34.1 Å². The Morgan fingerprint density at radius 1 is 1.18 bits per heavy atom. The molecule has 4 heterocycles. The molecule has 3 aliphatic rings. The summed E-state index contributed by atoms with van der Waals surface area (Å²) in [6.07, 6.45) is 5.19. The van der Waals surface area contributed by atoms with Crippen molar-refractivity contribution in [3.63, 3.8) is 0 Å². The highest BCUT2D eigenvalue weighted by Gasteiger charge is 2.59. The smallest absolute Gasteiger partial charge is 0.272 e. The molecular weight excluding hydrogens is 462 g/mol. The maximum atomic E-state index is 13.5. The van der Waals surface area contributed by atoms with Gasteiger partial charge in [-0.2, -0.15) is 5.10 Å². The lowest BCUT2D eigenvalue weighted by molar-refractivity contribution is -0.136. The van der Waals surface area contributed by atoms with Crippen LogP contribution in [-0.2, 0) is 4.74 Å². The second-order valence-electron chi connectivity index (χ2n) is 10.1. The Kier molecular flexibility index (Phi) is 5.09. The Balaban J connectivity index is 1.21. The van der Waals surface area contributed by atoms with E-state index in [9.17, 15) is 8.78 Å². The molecule has 180 valence electrons. The largest absolute Gasteiger partial charge is 0.377 e. The van der Waals surface area contributed by atoms with E-state index in [-0.39, 0.29) is 12.0 Å². The number of fused-ring (bicyclic) bond motifs is 1. The normalized spacial score (nSPS) is 24.2. The maximum absolute atomic E-state index is 13.5. The van der Waals surface area contributed by atoms with Crippen molar-refractivity contribution in [2.45, 2.75) is 56.5 Å². The molecule has 1 unspecified atom stereocenters. The van der Waals surface area contributed by atoms with Gasteiger partial charge in [-0.05, 0) is 63.4 Å². The van der Waals surface area contributed by atoms with E-state index in [1.54, 1.807) is 19.3 Å². The van der Waals surface area contributed by atoms with E-state index in [4.69, 9.17) is 21.3 Å². The summed E-state index contributed by atoms with van der Waals surface area (Å²) in [6, 6.07) is 3.14. The van der Waals surface area contributed by atoms with Crippen molar-refractivity contribution in [2.75, 3.05) is 31.6 Å². The monoisotopic (exact) mass is 488 g/mol. The molecule has 2 saturated heterocycles. The molecule has 3 aromatic rings. The molecule has 2 aliphatic heterocycles. The van der Waals surface area contributed by atoms with Crippen LogP contribution in [0.15, 0.2) is 24.5 Å². The number of hydrogen-bond acceptors (Lipinski definition) is 6. The number of nitrogens with zero attached hydrogens (tertiary/aromatic N) is 5. The number of aromatic nitrogens is 4. The zero-order valence-corrected chi connectivity index (χ0v) is 19.9. The minimum Gasteiger partial charge on any atom is -0.377 e. The minimum absolute atomic E-state index is 0.170. The van der Waals surface area contributed by atoms with Gasteiger partial charge in [0, 0.05) is 23.0 Å². The number of alkyl halides is 2. The first-order chi connectivity index (χ1) is 16.2. The first-order valence-electron chi connectivity index (χ1n) is 11.7. The van der Waals surface area contributed by atoms with Gasteiger partial charge in [0.15, 0.2) is 0 Å². The third kappa shape index (κ3) is 3.74. The van der Waals surface area contributed by atoms with E-state index in [1.807, 2.05) is 6.07 Å². The number of ether oxygens (including phenoxy) is 1. The van der Waals surface area contributed by atoms with Crippen LogP contribution in [0.25, 0.3) is 10.9 Å². The van der Waals surface area contributed by atoms with E-state index >= 15 is 0 Å². The molecule has 7 nitrogen and oxygen atoms in total. The van der Waals surface area contributed by atoms with Crippen LogP contribution in [0.5, 0.6) is 0 Å². The van der Waals surface area contributed by atoms with E-state index in [0.29, 0.717) is 23.2 Å². The molecule has 1 saturated carbocycles. The van der Waals surface area contributed by atoms with E-state index in [1.165, 1.54) is 4.68 Å². The van der Waals surface area contributed by atoms with Crippen LogP contribution in [0, 0.1) is 6.92 Å². The fourth-order valence-electron chi connectivity index (χ4n) is 5.20. The standard InChI is InChI=1S/C24H27ClF2N6O/c1-14-20(11-29-33(14)21-9-24(21,26)27)31-22-28-10-16-7-18(25)17(8-19(16)30-22)15-3-5-32(6-4-15)23(2)12-34-13-23/h7-8,10-11,15,21H,3-6,9,12-13H2,1-2H3,(H,28,30,31). The second-order valence-corrected chi connectivity index (χ2v) is 10.5. The maximum Gasteiger partial charge on any atom is 0.272 e. The number of rotatable bonds is 5. The van der Waals surface area contributed by atoms with Gasteiger partial charge in [0.05, 0.1) is 41.8 Å². The quantitative estimate of drug-likeness (QED) is 0.540. The molecular formula is C24H27ClF2N6O. The van der Waals surface area contributed by atoms with E-state index in [0.717, 1.165) is 60.6 Å². The lowest BCUT2D eigenvalue weighted by Gasteiger charge is -2.50. The highest BCUT2D eigenvalue weighted by molar-refractivity contribution is 6.32. The molecule has 0 spiro atoms. The van der Waals surface area contributed by atoms with Crippen LogP contribution in [0.1, 0.15) is 49.4 Å². The van der Waals surface area contributed by atoms with Crippen LogP contribution in [-0.4, -0.2) is 62.4 Å². The summed E-state index contributed by atoms with van der Waals surface area (Å²) in [5, 5.41) is 8.89. The predicted molar refractivity (Wildman–Crippen MR) is 126 cm³/mol. The van der Waals surface area contributed by atoms with Crippen LogP contribution in [0.4, 0.5) is 20.4 Å². The summed E-state index contributed by atoms with van der Waals surface area (Å²) < 4.78 is 33.8. The Bertz CT molecular complexity index is 1250. The number of anilines is 2. The molecule has 1 aliphatic carbocycles. The van der Waals surface area contributed by atoms with Crippen molar-refractivity contribution in [3.05, 3.63) is 40.8 Å². The molecule has 0 amide bonds. The minimum atomic E-state index is -2.68. The second kappa shape index (κ2) is 7.83. The summed E-state index contributed by atoms with van der Waals surface area (Å²) in [6.45, 7) is 7.71. The summed E-state index contributed by atoms with van der Waals surface area (Å²) in [7, 11) is 0. The Morgan fingerprint density at radius 2 is 1.91 bits per heavy atom.